The minimum absolute atomic E-state index is 0. The third kappa shape index (κ3) is 5.30. The van der Waals surface area contributed by atoms with Crippen molar-refractivity contribution in [2.75, 3.05) is 19.9 Å². The van der Waals surface area contributed by atoms with E-state index in [4.69, 9.17) is 10.5 Å². The van der Waals surface area contributed by atoms with Crippen LogP contribution < -0.4 is 15.2 Å². The minimum Gasteiger partial charge on any atom is -0.495 e. The summed E-state index contributed by atoms with van der Waals surface area (Å²) < 4.78 is 56.7. The quantitative estimate of drug-likeness (QED) is 0.697. The molecule has 1 aromatic rings. The Morgan fingerprint density at radius 3 is 2.32 bits per heavy atom. The van der Waals surface area contributed by atoms with Crippen molar-refractivity contribution in [3.63, 3.8) is 0 Å². The van der Waals surface area contributed by atoms with Gasteiger partial charge in [-0.15, -0.1) is 12.4 Å². The number of rotatable bonds is 7. The van der Waals surface area contributed by atoms with Gasteiger partial charge >= 0.3 is 0 Å². The summed E-state index contributed by atoms with van der Waals surface area (Å²) in [4.78, 5) is -0.266. The molecular weight excluding hydrogens is 388 g/mol. The number of sulfonamides is 1. The Morgan fingerprint density at radius 2 is 1.84 bits per heavy atom. The van der Waals surface area contributed by atoms with Crippen molar-refractivity contribution in [2.24, 2.45) is 11.7 Å². The average molecular weight is 413 g/mol. The minimum atomic E-state index is -3.95. The van der Waals surface area contributed by atoms with Crippen molar-refractivity contribution < 1.29 is 21.6 Å². The molecular formula is C15H25ClN2O5S2. The van der Waals surface area contributed by atoms with Gasteiger partial charge in [0.25, 0.3) is 0 Å². The van der Waals surface area contributed by atoms with Crippen LogP contribution in [-0.2, 0) is 19.9 Å². The van der Waals surface area contributed by atoms with E-state index >= 15 is 0 Å². The maximum Gasteiger partial charge on any atom is 0.244 e. The van der Waals surface area contributed by atoms with E-state index < -0.39 is 19.9 Å². The second-order valence-corrected chi connectivity index (χ2v) is 9.79. The number of nitrogens with one attached hydrogen (secondary N) is 1. The average Bonchev–Trinajstić information content (AvgIpc) is 3.05. The summed E-state index contributed by atoms with van der Waals surface area (Å²) in [5.74, 6) is 0.297. The Hall–Kier alpha value is -0.870. The monoisotopic (exact) mass is 412 g/mol. The molecule has 7 nitrogen and oxygen atoms in total. The number of benzene rings is 1. The molecule has 0 radical (unpaired) electrons. The summed E-state index contributed by atoms with van der Waals surface area (Å²) in [7, 11) is -6.15. The third-order valence-corrected chi connectivity index (χ3v) is 7.00. The molecule has 3 N–H and O–H groups in total. The van der Waals surface area contributed by atoms with Gasteiger partial charge in [0, 0.05) is 18.8 Å². The van der Waals surface area contributed by atoms with Crippen LogP contribution in [0, 0.1) is 5.92 Å². The van der Waals surface area contributed by atoms with E-state index in [0.29, 0.717) is 0 Å². The molecule has 0 aliphatic heterocycles. The van der Waals surface area contributed by atoms with Gasteiger partial charge in [-0.25, -0.2) is 21.6 Å². The van der Waals surface area contributed by atoms with Gasteiger partial charge in [-0.3, -0.25) is 0 Å². The first-order chi connectivity index (χ1) is 11.2. The highest BCUT2D eigenvalue weighted by molar-refractivity contribution is 7.91. The number of halogens is 1. The van der Waals surface area contributed by atoms with E-state index in [-0.39, 0.29) is 46.5 Å². The maximum atomic E-state index is 12.8. The largest absolute Gasteiger partial charge is 0.495 e. The van der Waals surface area contributed by atoms with Crippen molar-refractivity contribution in [1.29, 1.82) is 0 Å². The van der Waals surface area contributed by atoms with Crippen LogP contribution in [0.4, 0.5) is 0 Å². The van der Waals surface area contributed by atoms with Crippen LogP contribution in [0.25, 0.3) is 0 Å². The molecule has 1 fully saturated rings. The Labute approximate surface area is 155 Å². The van der Waals surface area contributed by atoms with Crippen LogP contribution in [0.1, 0.15) is 25.7 Å². The van der Waals surface area contributed by atoms with Crippen molar-refractivity contribution >= 4 is 32.3 Å². The molecule has 0 bridgehead atoms. The van der Waals surface area contributed by atoms with Crippen molar-refractivity contribution in [1.82, 2.24) is 4.72 Å². The predicted octanol–water partition coefficient (Wildman–Crippen LogP) is 1.32. The summed E-state index contributed by atoms with van der Waals surface area (Å²) >= 11 is 0. The fourth-order valence-corrected chi connectivity index (χ4v) is 5.29. The summed E-state index contributed by atoms with van der Waals surface area (Å²) in [6.45, 7) is 0.192. The van der Waals surface area contributed by atoms with Crippen LogP contribution >= 0.6 is 12.4 Å². The highest BCUT2D eigenvalue weighted by Crippen LogP contribution is 2.30. The third-order valence-electron chi connectivity index (χ3n) is 4.38. The number of ether oxygens (including phenoxy) is 1. The fourth-order valence-electron chi connectivity index (χ4n) is 3.06. The lowest BCUT2D eigenvalue weighted by Gasteiger charge is -2.23. The van der Waals surface area contributed by atoms with E-state index in [1.807, 2.05) is 0 Å². The molecule has 1 unspecified atom stereocenters. The molecule has 1 aliphatic rings. The number of hydrogen-bond acceptors (Lipinski definition) is 6. The SMILES string of the molecule is COc1ccc(S(C)(=O)=O)cc1S(=O)(=O)NC(CN)C1CCCC1.Cl. The second kappa shape index (κ2) is 8.68. The van der Waals surface area contributed by atoms with Gasteiger partial charge in [-0.2, -0.15) is 0 Å². The van der Waals surface area contributed by atoms with E-state index in [9.17, 15) is 16.8 Å². The van der Waals surface area contributed by atoms with E-state index in [2.05, 4.69) is 4.72 Å². The van der Waals surface area contributed by atoms with Crippen molar-refractivity contribution in [2.45, 2.75) is 41.5 Å². The molecule has 0 aromatic heterocycles. The Balaban J connectivity index is 0.00000312. The Kier molecular flexibility index (Phi) is 7.70. The van der Waals surface area contributed by atoms with Gasteiger partial charge in [0.15, 0.2) is 9.84 Å². The van der Waals surface area contributed by atoms with Crippen LogP contribution in [-0.4, -0.2) is 42.8 Å². The molecule has 1 saturated carbocycles. The van der Waals surface area contributed by atoms with Gasteiger partial charge in [0.1, 0.15) is 10.6 Å². The van der Waals surface area contributed by atoms with Crippen LogP contribution in [0.2, 0.25) is 0 Å². The zero-order chi connectivity index (χ0) is 18.0. The molecule has 0 amide bonds. The predicted molar refractivity (Wildman–Crippen MR) is 98.5 cm³/mol. The van der Waals surface area contributed by atoms with E-state index in [0.717, 1.165) is 38.0 Å². The lowest BCUT2D eigenvalue weighted by molar-refractivity contribution is 0.393. The molecule has 2 rings (SSSR count). The Bertz CT molecular complexity index is 790. The Morgan fingerprint density at radius 1 is 1.24 bits per heavy atom. The molecule has 1 aromatic carbocycles. The van der Waals surface area contributed by atoms with Crippen molar-refractivity contribution in [3.8, 4) is 5.75 Å². The highest BCUT2D eigenvalue weighted by atomic mass is 35.5. The first kappa shape index (κ1) is 22.2. The second-order valence-electron chi connectivity index (χ2n) is 6.09. The van der Waals surface area contributed by atoms with Crippen molar-refractivity contribution in [3.05, 3.63) is 18.2 Å². The van der Waals surface area contributed by atoms with Gasteiger partial charge in [0.2, 0.25) is 10.0 Å². The molecule has 10 heteroatoms. The van der Waals surface area contributed by atoms with Crippen LogP contribution in [0.15, 0.2) is 28.0 Å². The molecule has 25 heavy (non-hydrogen) atoms. The molecule has 1 aliphatic carbocycles. The normalized spacial score (nSPS) is 17.1. The molecule has 144 valence electrons. The zero-order valence-corrected chi connectivity index (χ0v) is 16.7. The number of nitrogens with two attached hydrogens (primary N) is 1. The van der Waals surface area contributed by atoms with Crippen LogP contribution in [0.3, 0.4) is 0 Å². The standard InChI is InChI=1S/C15H24N2O5S2.ClH/c1-22-14-8-7-12(23(2,18)19)9-15(14)24(20,21)17-13(10-16)11-5-3-4-6-11;/h7-9,11,13,17H,3-6,10,16H2,1-2H3;1H. The van der Waals surface area contributed by atoms with Gasteiger partial charge in [0.05, 0.1) is 12.0 Å². The lowest BCUT2D eigenvalue weighted by Crippen LogP contribution is -2.44. The molecule has 0 saturated heterocycles. The first-order valence-electron chi connectivity index (χ1n) is 7.79. The van der Waals surface area contributed by atoms with Gasteiger partial charge in [-0.1, -0.05) is 12.8 Å². The fraction of sp³-hybridized carbons (Fsp3) is 0.600. The number of hydrogen-bond donors (Lipinski definition) is 2. The first-order valence-corrected chi connectivity index (χ1v) is 11.2. The van der Waals surface area contributed by atoms with Gasteiger partial charge < -0.3 is 10.5 Å². The zero-order valence-electron chi connectivity index (χ0n) is 14.3. The smallest absolute Gasteiger partial charge is 0.244 e. The summed E-state index contributed by atoms with van der Waals surface area (Å²) in [6, 6.07) is 3.42. The van der Waals surface area contributed by atoms with Crippen LogP contribution in [0.5, 0.6) is 5.75 Å². The maximum absolute atomic E-state index is 12.8. The summed E-state index contributed by atoms with van der Waals surface area (Å²) in [5.41, 5.74) is 5.75. The molecule has 1 atom stereocenters. The van der Waals surface area contributed by atoms with Gasteiger partial charge in [-0.05, 0) is 37.0 Å². The molecule has 0 heterocycles. The van der Waals surface area contributed by atoms with E-state index in [1.54, 1.807) is 0 Å². The number of sulfone groups is 1. The summed E-state index contributed by atoms with van der Waals surface area (Å²) in [6.07, 6.45) is 5.03. The summed E-state index contributed by atoms with van der Waals surface area (Å²) in [5, 5.41) is 0. The lowest BCUT2D eigenvalue weighted by atomic mass is 9.99. The highest BCUT2D eigenvalue weighted by Gasteiger charge is 2.30. The van der Waals surface area contributed by atoms with E-state index in [1.165, 1.54) is 19.2 Å². The molecule has 0 spiro atoms. The topological polar surface area (TPSA) is 116 Å². The number of methoxy groups -OCH3 is 1.